The Labute approximate surface area is 214 Å². The van der Waals surface area contributed by atoms with Crippen LogP contribution in [0.1, 0.15) is 58.1 Å². The van der Waals surface area contributed by atoms with Crippen LogP contribution < -0.4 is 9.62 Å². The minimum atomic E-state index is -3.78. The van der Waals surface area contributed by atoms with E-state index in [2.05, 4.69) is 5.32 Å². The Morgan fingerprint density at radius 3 is 2.11 bits per heavy atom. The molecule has 2 amide bonds. The minimum Gasteiger partial charge on any atom is -0.352 e. The zero-order valence-corrected chi connectivity index (χ0v) is 22.9. The second-order valence-corrected chi connectivity index (χ2v) is 11.6. The maximum absolute atomic E-state index is 13.7. The molecule has 0 radical (unpaired) electrons. The Morgan fingerprint density at radius 2 is 1.60 bits per heavy atom. The summed E-state index contributed by atoms with van der Waals surface area (Å²) < 4.78 is 26.8. The number of carbonyl (C=O) groups is 2. The Morgan fingerprint density at radius 1 is 1.00 bits per heavy atom. The topological polar surface area (TPSA) is 86.8 Å². The van der Waals surface area contributed by atoms with Crippen LogP contribution in [0.15, 0.2) is 48.5 Å². The van der Waals surface area contributed by atoms with Crippen molar-refractivity contribution in [1.82, 2.24) is 10.2 Å². The summed E-state index contributed by atoms with van der Waals surface area (Å²) in [6.45, 7) is 9.20. The summed E-state index contributed by atoms with van der Waals surface area (Å²) in [6, 6.07) is 13.3. The lowest BCUT2D eigenvalue weighted by Crippen LogP contribution is -2.53. The molecular weight excluding hydrogens is 486 g/mol. The molecule has 35 heavy (non-hydrogen) atoms. The number of hydrogen-bond donors (Lipinski definition) is 1. The largest absolute Gasteiger partial charge is 0.352 e. The Bertz CT molecular complexity index is 1120. The monoisotopic (exact) mass is 521 g/mol. The summed E-state index contributed by atoms with van der Waals surface area (Å²) >= 11 is 6.02. The molecule has 2 aromatic rings. The lowest BCUT2D eigenvalue weighted by Gasteiger charge is -2.33. The van der Waals surface area contributed by atoms with E-state index in [9.17, 15) is 18.0 Å². The molecule has 1 N–H and O–H groups in total. The summed E-state index contributed by atoms with van der Waals surface area (Å²) in [5.74, 6) is -0.691. The van der Waals surface area contributed by atoms with Crippen LogP contribution in [-0.4, -0.2) is 50.0 Å². The second kappa shape index (κ2) is 12.4. The van der Waals surface area contributed by atoms with Gasteiger partial charge in [-0.3, -0.25) is 13.9 Å². The quantitative estimate of drug-likeness (QED) is 0.469. The van der Waals surface area contributed by atoms with Crippen LogP contribution in [0.25, 0.3) is 0 Å². The summed E-state index contributed by atoms with van der Waals surface area (Å²) in [4.78, 5) is 28.2. The minimum absolute atomic E-state index is 0.0518. The number of benzene rings is 2. The van der Waals surface area contributed by atoms with Gasteiger partial charge in [-0.15, -0.1) is 0 Å². The van der Waals surface area contributed by atoms with Gasteiger partial charge in [0.2, 0.25) is 21.8 Å². The number of hydrogen-bond acceptors (Lipinski definition) is 4. The molecule has 0 aliphatic rings. The highest BCUT2D eigenvalue weighted by molar-refractivity contribution is 7.92. The van der Waals surface area contributed by atoms with Gasteiger partial charge in [-0.2, -0.15) is 0 Å². The fourth-order valence-corrected chi connectivity index (χ4v) is 4.88. The first-order valence-corrected chi connectivity index (χ1v) is 14.0. The SMILES string of the molecule is CC[C@H](C(=O)NC(C)C)N(Cc1ccc(Cl)cc1)C(=O)CN(c1ccccc1C(C)C)S(C)(=O)=O. The van der Waals surface area contributed by atoms with Gasteiger partial charge in [0.15, 0.2) is 0 Å². The normalized spacial score (nSPS) is 12.5. The van der Waals surface area contributed by atoms with Crippen LogP contribution in [-0.2, 0) is 26.2 Å². The Balaban J connectivity index is 2.50. The fourth-order valence-electron chi connectivity index (χ4n) is 3.88. The molecule has 1 atom stereocenters. The van der Waals surface area contributed by atoms with Gasteiger partial charge in [-0.05, 0) is 55.5 Å². The van der Waals surface area contributed by atoms with Crippen molar-refractivity contribution in [1.29, 1.82) is 0 Å². The number of amides is 2. The summed E-state index contributed by atoms with van der Waals surface area (Å²) in [7, 11) is -3.78. The second-order valence-electron chi connectivity index (χ2n) is 9.22. The first kappa shape index (κ1) is 28.7. The first-order chi connectivity index (χ1) is 16.3. The van der Waals surface area contributed by atoms with E-state index < -0.39 is 28.5 Å². The highest BCUT2D eigenvalue weighted by atomic mass is 35.5. The zero-order valence-electron chi connectivity index (χ0n) is 21.3. The molecule has 0 bridgehead atoms. The summed E-state index contributed by atoms with van der Waals surface area (Å²) in [6.07, 6.45) is 1.46. The summed E-state index contributed by atoms with van der Waals surface area (Å²) in [5.41, 5.74) is 2.07. The van der Waals surface area contributed by atoms with Crippen molar-refractivity contribution >= 4 is 39.1 Å². The molecule has 192 valence electrons. The number of nitrogens with zero attached hydrogens (tertiary/aromatic N) is 2. The lowest BCUT2D eigenvalue weighted by atomic mass is 10.0. The van der Waals surface area contributed by atoms with Crippen molar-refractivity contribution in [2.75, 3.05) is 17.1 Å². The number of halogens is 1. The molecule has 2 aromatic carbocycles. The van der Waals surface area contributed by atoms with E-state index >= 15 is 0 Å². The molecule has 9 heteroatoms. The van der Waals surface area contributed by atoms with Crippen LogP contribution in [0.4, 0.5) is 5.69 Å². The standard InChI is InChI=1S/C26H36ClN3O4S/c1-7-23(26(32)28-19(4)5)29(16-20-12-14-21(27)15-13-20)25(31)17-30(35(6,33)34)24-11-9-8-10-22(24)18(2)3/h8-15,18-19,23H,7,16-17H2,1-6H3,(H,28,32)/t23-/m1/s1. The number of rotatable bonds is 11. The lowest BCUT2D eigenvalue weighted by molar-refractivity contribution is -0.140. The van der Waals surface area contributed by atoms with Crippen LogP contribution in [0, 0.1) is 0 Å². The van der Waals surface area contributed by atoms with Crippen molar-refractivity contribution in [3.63, 3.8) is 0 Å². The van der Waals surface area contributed by atoms with Gasteiger partial charge in [0, 0.05) is 17.6 Å². The van der Waals surface area contributed by atoms with E-state index in [4.69, 9.17) is 11.6 Å². The first-order valence-electron chi connectivity index (χ1n) is 11.8. The zero-order chi connectivity index (χ0) is 26.3. The predicted molar refractivity (Wildman–Crippen MR) is 142 cm³/mol. The van der Waals surface area contributed by atoms with Crippen molar-refractivity contribution in [2.45, 2.75) is 65.6 Å². The van der Waals surface area contributed by atoms with Crippen LogP contribution >= 0.6 is 11.6 Å². The predicted octanol–water partition coefficient (Wildman–Crippen LogP) is 4.56. The number of sulfonamides is 1. The molecule has 0 saturated carbocycles. The third-order valence-corrected chi connectivity index (χ3v) is 6.97. The van der Waals surface area contributed by atoms with E-state index in [-0.39, 0.29) is 24.4 Å². The van der Waals surface area contributed by atoms with Gasteiger partial charge in [0.1, 0.15) is 12.6 Å². The van der Waals surface area contributed by atoms with E-state index in [1.165, 1.54) is 4.90 Å². The van der Waals surface area contributed by atoms with Gasteiger partial charge in [-0.1, -0.05) is 62.7 Å². The van der Waals surface area contributed by atoms with Gasteiger partial charge < -0.3 is 10.2 Å². The highest BCUT2D eigenvalue weighted by Gasteiger charge is 2.32. The van der Waals surface area contributed by atoms with Crippen LogP contribution in [0.2, 0.25) is 5.02 Å². The third kappa shape index (κ3) is 7.97. The fraction of sp³-hybridized carbons (Fsp3) is 0.462. The number of carbonyl (C=O) groups excluding carboxylic acids is 2. The van der Waals surface area contributed by atoms with Crippen LogP contribution in [0.3, 0.4) is 0 Å². The van der Waals surface area contributed by atoms with Crippen molar-refractivity contribution in [2.24, 2.45) is 0 Å². The average Bonchev–Trinajstić information content (AvgIpc) is 2.77. The molecule has 0 aliphatic heterocycles. The molecule has 7 nitrogen and oxygen atoms in total. The van der Waals surface area contributed by atoms with Gasteiger partial charge >= 0.3 is 0 Å². The number of para-hydroxylation sites is 1. The average molecular weight is 522 g/mol. The van der Waals surface area contributed by atoms with Gasteiger partial charge in [0.05, 0.1) is 11.9 Å². The Hall–Kier alpha value is -2.58. The van der Waals surface area contributed by atoms with E-state index in [1.54, 1.807) is 36.4 Å². The van der Waals surface area contributed by atoms with Gasteiger partial charge in [0.25, 0.3) is 0 Å². The molecule has 0 heterocycles. The van der Waals surface area contributed by atoms with E-state index in [0.717, 1.165) is 21.7 Å². The molecule has 2 rings (SSSR count). The van der Waals surface area contributed by atoms with E-state index in [0.29, 0.717) is 17.1 Å². The smallest absolute Gasteiger partial charge is 0.244 e. The third-order valence-electron chi connectivity index (χ3n) is 5.59. The van der Waals surface area contributed by atoms with Gasteiger partial charge in [-0.25, -0.2) is 8.42 Å². The van der Waals surface area contributed by atoms with E-state index in [1.807, 2.05) is 46.8 Å². The molecule has 0 spiro atoms. The molecule has 0 unspecified atom stereocenters. The molecule has 0 aromatic heterocycles. The summed E-state index contributed by atoms with van der Waals surface area (Å²) in [5, 5.41) is 3.44. The Kier molecular flexibility index (Phi) is 10.2. The maximum atomic E-state index is 13.7. The molecule has 0 aliphatic carbocycles. The molecule has 0 saturated heterocycles. The highest BCUT2D eigenvalue weighted by Crippen LogP contribution is 2.29. The van der Waals surface area contributed by atoms with Crippen LogP contribution in [0.5, 0.6) is 0 Å². The van der Waals surface area contributed by atoms with Crippen molar-refractivity contribution < 1.29 is 18.0 Å². The molecule has 0 fully saturated rings. The number of nitrogens with one attached hydrogen (secondary N) is 1. The van der Waals surface area contributed by atoms with Crippen molar-refractivity contribution in [3.8, 4) is 0 Å². The number of anilines is 1. The maximum Gasteiger partial charge on any atom is 0.244 e. The molecular formula is C26H36ClN3O4S. The van der Waals surface area contributed by atoms with Crippen molar-refractivity contribution in [3.05, 3.63) is 64.7 Å².